The van der Waals surface area contributed by atoms with E-state index in [1.165, 1.54) is 0 Å². The molecule has 2 aliphatic heterocycles. The van der Waals surface area contributed by atoms with Crippen LogP contribution >= 0.6 is 0 Å². The van der Waals surface area contributed by atoms with Gasteiger partial charge in [-0.15, -0.1) is 0 Å². The minimum atomic E-state index is -0.149. The highest BCUT2D eigenvalue weighted by Gasteiger charge is 2.43. The minimum absolute atomic E-state index is 0.109. The summed E-state index contributed by atoms with van der Waals surface area (Å²) in [6.45, 7) is 5.17. The Kier molecular flexibility index (Phi) is 5.03. The second-order valence-corrected chi connectivity index (χ2v) is 6.99. The van der Waals surface area contributed by atoms with Gasteiger partial charge in [-0.1, -0.05) is 0 Å². The number of nitrogens with zero attached hydrogens (tertiary/aromatic N) is 3. The van der Waals surface area contributed by atoms with Crippen molar-refractivity contribution < 1.29 is 18.7 Å². The number of carbonyl (C=O) groups is 2. The van der Waals surface area contributed by atoms with E-state index in [1.807, 2.05) is 18.9 Å². The van der Waals surface area contributed by atoms with E-state index < -0.39 is 0 Å². The van der Waals surface area contributed by atoms with Gasteiger partial charge in [-0.05, 0) is 32.9 Å². The van der Waals surface area contributed by atoms with Crippen molar-refractivity contribution in [1.82, 2.24) is 14.7 Å². The number of ether oxygens (including phenoxy) is 1. The number of carbonyl (C=O) groups excluding carboxylic acids is 2. The summed E-state index contributed by atoms with van der Waals surface area (Å²) in [6, 6.07) is 3.35. The lowest BCUT2D eigenvalue weighted by Gasteiger charge is -2.49. The van der Waals surface area contributed by atoms with Gasteiger partial charge in [0.15, 0.2) is 5.76 Å². The third-order valence-corrected chi connectivity index (χ3v) is 5.51. The number of hydrogen-bond acceptors (Lipinski definition) is 5. The number of rotatable bonds is 3. The molecule has 1 aromatic rings. The predicted molar refractivity (Wildman–Crippen MR) is 92.6 cm³/mol. The maximum absolute atomic E-state index is 12.8. The van der Waals surface area contributed by atoms with E-state index in [9.17, 15) is 9.59 Å². The SMILES string of the molecule is CCOc1ccc(C(=O)N2CCN(C)[C@]3(CCC(=O)N(C)CC3)C2)o1. The maximum Gasteiger partial charge on any atom is 0.289 e. The smallest absolute Gasteiger partial charge is 0.289 e. The lowest BCUT2D eigenvalue weighted by molar-refractivity contribution is -0.129. The highest BCUT2D eigenvalue weighted by atomic mass is 16.6. The molecule has 2 aliphatic rings. The minimum Gasteiger partial charge on any atom is -0.465 e. The Bertz CT molecular complexity index is 644. The second kappa shape index (κ2) is 7.07. The maximum atomic E-state index is 12.8. The van der Waals surface area contributed by atoms with Gasteiger partial charge in [0.2, 0.25) is 5.91 Å². The van der Waals surface area contributed by atoms with E-state index >= 15 is 0 Å². The Morgan fingerprint density at radius 2 is 2.04 bits per heavy atom. The van der Waals surface area contributed by atoms with E-state index in [4.69, 9.17) is 9.15 Å². The summed E-state index contributed by atoms with van der Waals surface area (Å²) in [5, 5.41) is 0. The van der Waals surface area contributed by atoms with Gasteiger partial charge in [-0.3, -0.25) is 14.5 Å². The average Bonchev–Trinajstić information content (AvgIpc) is 3.02. The predicted octanol–water partition coefficient (Wildman–Crippen LogP) is 1.45. The van der Waals surface area contributed by atoms with Gasteiger partial charge in [0, 0.05) is 51.3 Å². The standard InChI is InChI=1S/C18H27N3O4/c1-4-24-16-6-5-14(25-16)17(23)21-12-11-20(3)18(13-21)8-7-15(22)19(2)10-9-18/h5-6H,4,7-13H2,1-3H3/t18-/m0/s1. The number of likely N-dealkylation sites (N-methyl/N-ethyl adjacent to an activating group) is 1. The van der Waals surface area contributed by atoms with Crippen LogP contribution in [0, 0.1) is 0 Å². The van der Waals surface area contributed by atoms with Crippen LogP contribution in [0.2, 0.25) is 0 Å². The van der Waals surface area contributed by atoms with Crippen molar-refractivity contribution in [3.8, 4) is 5.95 Å². The molecule has 1 spiro atoms. The van der Waals surface area contributed by atoms with Crippen LogP contribution in [0.4, 0.5) is 0 Å². The summed E-state index contributed by atoms with van der Waals surface area (Å²) >= 11 is 0. The molecule has 0 aliphatic carbocycles. The molecule has 2 amide bonds. The highest BCUT2D eigenvalue weighted by Crippen LogP contribution is 2.32. The molecule has 1 aromatic heterocycles. The molecular weight excluding hydrogens is 322 g/mol. The van der Waals surface area contributed by atoms with Crippen LogP contribution in [0.1, 0.15) is 36.7 Å². The summed E-state index contributed by atoms with van der Waals surface area (Å²) in [5.41, 5.74) is -0.149. The summed E-state index contributed by atoms with van der Waals surface area (Å²) in [6.07, 6.45) is 2.18. The van der Waals surface area contributed by atoms with Crippen LogP contribution in [0.5, 0.6) is 5.95 Å². The third-order valence-electron chi connectivity index (χ3n) is 5.51. The molecule has 0 N–H and O–H groups in total. The topological polar surface area (TPSA) is 66.2 Å². The summed E-state index contributed by atoms with van der Waals surface area (Å²) in [5.74, 6) is 0.754. The van der Waals surface area contributed by atoms with Gasteiger partial charge in [0.05, 0.1) is 6.61 Å². The molecule has 138 valence electrons. The van der Waals surface area contributed by atoms with Crippen molar-refractivity contribution in [2.24, 2.45) is 0 Å². The van der Waals surface area contributed by atoms with Crippen LogP contribution in [-0.4, -0.2) is 78.9 Å². The lowest BCUT2D eigenvalue weighted by Crippen LogP contribution is -2.62. The van der Waals surface area contributed by atoms with Crippen LogP contribution in [-0.2, 0) is 4.79 Å². The molecule has 2 fully saturated rings. The van der Waals surface area contributed by atoms with E-state index in [2.05, 4.69) is 11.9 Å². The number of hydrogen-bond donors (Lipinski definition) is 0. The third kappa shape index (κ3) is 3.51. The molecule has 0 saturated carbocycles. The molecule has 3 rings (SSSR count). The van der Waals surface area contributed by atoms with Gasteiger partial charge in [-0.2, -0.15) is 0 Å². The van der Waals surface area contributed by atoms with Gasteiger partial charge < -0.3 is 19.0 Å². The van der Waals surface area contributed by atoms with Crippen molar-refractivity contribution in [2.45, 2.75) is 31.7 Å². The molecule has 7 heteroatoms. The Balaban J connectivity index is 1.75. The quantitative estimate of drug-likeness (QED) is 0.826. The van der Waals surface area contributed by atoms with Crippen molar-refractivity contribution >= 4 is 11.8 Å². The molecular formula is C18H27N3O4. The average molecular weight is 349 g/mol. The fourth-order valence-electron chi connectivity index (χ4n) is 3.74. The van der Waals surface area contributed by atoms with Crippen molar-refractivity contribution in [3.63, 3.8) is 0 Å². The van der Waals surface area contributed by atoms with E-state index in [0.29, 0.717) is 37.8 Å². The van der Waals surface area contributed by atoms with Gasteiger partial charge in [0.25, 0.3) is 11.9 Å². The molecule has 0 radical (unpaired) electrons. The largest absolute Gasteiger partial charge is 0.465 e. The zero-order valence-electron chi connectivity index (χ0n) is 15.3. The Morgan fingerprint density at radius 3 is 2.80 bits per heavy atom. The number of amides is 2. The fraction of sp³-hybridized carbons (Fsp3) is 0.667. The second-order valence-electron chi connectivity index (χ2n) is 6.99. The lowest BCUT2D eigenvalue weighted by atomic mass is 9.86. The van der Waals surface area contributed by atoms with Gasteiger partial charge >= 0.3 is 0 Å². The first-order chi connectivity index (χ1) is 11.9. The van der Waals surface area contributed by atoms with Gasteiger partial charge in [-0.25, -0.2) is 0 Å². The Morgan fingerprint density at radius 1 is 1.24 bits per heavy atom. The molecule has 25 heavy (non-hydrogen) atoms. The highest BCUT2D eigenvalue weighted by molar-refractivity contribution is 5.91. The summed E-state index contributed by atoms with van der Waals surface area (Å²) in [7, 11) is 3.95. The van der Waals surface area contributed by atoms with Crippen LogP contribution in [0.25, 0.3) is 0 Å². The summed E-state index contributed by atoms with van der Waals surface area (Å²) in [4.78, 5) is 30.9. The van der Waals surface area contributed by atoms with Crippen LogP contribution in [0.15, 0.2) is 16.5 Å². The zero-order valence-corrected chi connectivity index (χ0v) is 15.3. The van der Waals surface area contributed by atoms with Crippen molar-refractivity contribution in [3.05, 3.63) is 17.9 Å². The van der Waals surface area contributed by atoms with Crippen LogP contribution in [0.3, 0.4) is 0 Å². The molecule has 1 atom stereocenters. The normalized spacial score (nSPS) is 25.3. The molecule has 0 unspecified atom stereocenters. The monoisotopic (exact) mass is 349 g/mol. The number of likely N-dealkylation sites (tertiary alicyclic amines) is 1. The van der Waals surface area contributed by atoms with E-state index in [-0.39, 0.29) is 17.4 Å². The van der Waals surface area contributed by atoms with Crippen molar-refractivity contribution in [1.29, 1.82) is 0 Å². The van der Waals surface area contributed by atoms with Gasteiger partial charge in [0.1, 0.15) is 0 Å². The fourth-order valence-corrected chi connectivity index (χ4v) is 3.74. The van der Waals surface area contributed by atoms with E-state index in [0.717, 1.165) is 25.9 Å². The Labute approximate surface area is 148 Å². The Hall–Kier alpha value is -2.02. The molecule has 7 nitrogen and oxygen atoms in total. The number of piperazine rings is 1. The summed E-state index contributed by atoms with van der Waals surface area (Å²) < 4.78 is 10.8. The molecule has 0 bridgehead atoms. The molecule has 0 aromatic carbocycles. The number of furan rings is 1. The van der Waals surface area contributed by atoms with E-state index in [1.54, 1.807) is 17.0 Å². The van der Waals surface area contributed by atoms with Crippen molar-refractivity contribution in [2.75, 3.05) is 46.9 Å². The molecule has 2 saturated heterocycles. The first kappa shape index (κ1) is 17.8. The molecule has 3 heterocycles. The zero-order chi connectivity index (χ0) is 18.0. The first-order valence-corrected chi connectivity index (χ1v) is 8.92. The van der Waals surface area contributed by atoms with Crippen LogP contribution < -0.4 is 4.74 Å². The first-order valence-electron chi connectivity index (χ1n) is 8.92.